The van der Waals surface area contributed by atoms with Gasteiger partial charge in [-0.2, -0.15) is 0 Å². The molecule has 1 amide bonds. The molecule has 2 nitrogen and oxygen atoms in total. The number of nitrogens with zero attached hydrogens (tertiary/aromatic N) is 1. The van der Waals surface area contributed by atoms with Crippen molar-refractivity contribution < 1.29 is 9.18 Å². The quantitative estimate of drug-likeness (QED) is 0.762. The van der Waals surface area contributed by atoms with Crippen molar-refractivity contribution in [1.82, 2.24) is 4.90 Å². The van der Waals surface area contributed by atoms with Crippen LogP contribution in [0.3, 0.4) is 0 Å². The molecular weight excluding hydrogens is 276 g/mol. The van der Waals surface area contributed by atoms with Crippen LogP contribution in [0.25, 0.3) is 0 Å². The van der Waals surface area contributed by atoms with Crippen LogP contribution >= 0.6 is 23.2 Å². The van der Waals surface area contributed by atoms with E-state index in [2.05, 4.69) is 0 Å². The number of likely N-dealkylation sites (tertiary alicyclic amines) is 1. The molecule has 1 aromatic rings. The van der Waals surface area contributed by atoms with Crippen molar-refractivity contribution in [2.24, 2.45) is 5.92 Å². The van der Waals surface area contributed by atoms with Crippen molar-refractivity contribution in [2.45, 2.75) is 12.8 Å². The summed E-state index contributed by atoms with van der Waals surface area (Å²) in [5.41, 5.74) is 0.237. The van der Waals surface area contributed by atoms with E-state index in [0.717, 1.165) is 12.8 Å². The second-order valence-electron chi connectivity index (χ2n) is 4.49. The number of alkyl halides is 1. The average molecular weight is 290 g/mol. The van der Waals surface area contributed by atoms with Gasteiger partial charge in [-0.25, -0.2) is 4.39 Å². The Bertz CT molecular complexity index is 445. The summed E-state index contributed by atoms with van der Waals surface area (Å²) in [7, 11) is 0. The summed E-state index contributed by atoms with van der Waals surface area (Å²) in [6.07, 6.45) is 1.78. The Balaban J connectivity index is 2.10. The lowest BCUT2D eigenvalue weighted by atomic mass is 9.98. The fourth-order valence-electron chi connectivity index (χ4n) is 2.13. The molecule has 18 heavy (non-hydrogen) atoms. The molecule has 1 aromatic carbocycles. The van der Waals surface area contributed by atoms with Crippen molar-refractivity contribution in [3.05, 3.63) is 34.6 Å². The molecule has 0 atom stereocenters. The zero-order valence-corrected chi connectivity index (χ0v) is 11.3. The van der Waals surface area contributed by atoms with E-state index in [1.807, 2.05) is 0 Å². The molecular formula is C13H14Cl2FNO. The molecule has 0 unspecified atom stereocenters. The standard InChI is InChI=1S/C13H14Cl2FNO/c14-8-9-4-6-17(7-5-9)13(18)10-2-1-3-11(16)12(10)15/h1-3,9H,4-8H2. The predicted molar refractivity (Wildman–Crippen MR) is 70.8 cm³/mol. The lowest BCUT2D eigenvalue weighted by Crippen LogP contribution is -2.39. The molecule has 1 heterocycles. The number of hydrogen-bond donors (Lipinski definition) is 0. The molecule has 0 spiro atoms. The van der Waals surface area contributed by atoms with Gasteiger partial charge in [0.15, 0.2) is 0 Å². The third-order valence-electron chi connectivity index (χ3n) is 3.30. The Morgan fingerprint density at radius 1 is 1.39 bits per heavy atom. The molecule has 0 aliphatic carbocycles. The number of piperidine rings is 1. The normalized spacial score (nSPS) is 16.9. The topological polar surface area (TPSA) is 20.3 Å². The molecule has 98 valence electrons. The maximum Gasteiger partial charge on any atom is 0.255 e. The second-order valence-corrected chi connectivity index (χ2v) is 5.18. The Morgan fingerprint density at radius 3 is 2.67 bits per heavy atom. The molecule has 0 bridgehead atoms. The molecule has 0 saturated carbocycles. The maximum absolute atomic E-state index is 13.3. The van der Waals surface area contributed by atoms with Gasteiger partial charge in [0.2, 0.25) is 0 Å². The summed E-state index contributed by atoms with van der Waals surface area (Å²) >= 11 is 11.6. The van der Waals surface area contributed by atoms with Crippen LogP contribution in [-0.4, -0.2) is 29.8 Å². The number of hydrogen-bond acceptors (Lipinski definition) is 1. The molecule has 0 N–H and O–H groups in total. The van der Waals surface area contributed by atoms with Crippen molar-refractivity contribution in [2.75, 3.05) is 19.0 Å². The fraction of sp³-hybridized carbons (Fsp3) is 0.462. The minimum atomic E-state index is -0.557. The first-order valence-corrected chi connectivity index (χ1v) is 6.84. The number of halogens is 3. The van der Waals surface area contributed by atoms with Gasteiger partial charge in [-0.15, -0.1) is 11.6 Å². The minimum Gasteiger partial charge on any atom is -0.339 e. The maximum atomic E-state index is 13.3. The van der Waals surface area contributed by atoms with Crippen LogP contribution in [0.2, 0.25) is 5.02 Å². The SMILES string of the molecule is O=C(c1cccc(F)c1Cl)N1CCC(CCl)CC1. The highest BCUT2D eigenvalue weighted by atomic mass is 35.5. The summed E-state index contributed by atoms with van der Waals surface area (Å²) in [4.78, 5) is 13.9. The van der Waals surface area contributed by atoms with Gasteiger partial charge in [-0.05, 0) is 30.9 Å². The molecule has 1 saturated heterocycles. The van der Waals surface area contributed by atoms with Gasteiger partial charge in [-0.1, -0.05) is 17.7 Å². The third kappa shape index (κ3) is 2.78. The smallest absolute Gasteiger partial charge is 0.255 e. The van der Waals surface area contributed by atoms with Gasteiger partial charge in [0.05, 0.1) is 10.6 Å². The zero-order chi connectivity index (χ0) is 13.1. The third-order valence-corrected chi connectivity index (χ3v) is 4.12. The first-order chi connectivity index (χ1) is 8.63. The van der Waals surface area contributed by atoms with Gasteiger partial charge < -0.3 is 4.90 Å². The summed E-state index contributed by atoms with van der Waals surface area (Å²) in [6, 6.07) is 4.31. The van der Waals surface area contributed by atoms with Crippen LogP contribution in [0, 0.1) is 11.7 Å². The van der Waals surface area contributed by atoms with Gasteiger partial charge >= 0.3 is 0 Å². The van der Waals surface area contributed by atoms with E-state index in [-0.39, 0.29) is 16.5 Å². The van der Waals surface area contributed by atoms with Crippen molar-refractivity contribution >= 4 is 29.1 Å². The summed E-state index contributed by atoms with van der Waals surface area (Å²) in [6.45, 7) is 1.31. The second kappa shape index (κ2) is 5.89. The molecule has 1 aliphatic rings. The Labute approximate surface area is 116 Å². The van der Waals surface area contributed by atoms with E-state index in [4.69, 9.17) is 23.2 Å². The van der Waals surface area contributed by atoms with E-state index in [9.17, 15) is 9.18 Å². The van der Waals surface area contributed by atoms with Crippen LogP contribution in [0.5, 0.6) is 0 Å². The summed E-state index contributed by atoms with van der Waals surface area (Å²) in [5.74, 6) is 0.340. The molecule has 0 aromatic heterocycles. The first-order valence-electron chi connectivity index (χ1n) is 5.92. The zero-order valence-electron chi connectivity index (χ0n) is 9.83. The van der Waals surface area contributed by atoms with E-state index >= 15 is 0 Å². The largest absolute Gasteiger partial charge is 0.339 e. The Morgan fingerprint density at radius 2 is 2.06 bits per heavy atom. The Hall–Kier alpha value is -0.800. The number of rotatable bonds is 2. The van der Waals surface area contributed by atoms with E-state index < -0.39 is 5.82 Å². The molecule has 1 aliphatic heterocycles. The first kappa shape index (κ1) is 13.6. The fourth-order valence-corrected chi connectivity index (χ4v) is 2.65. The molecule has 1 fully saturated rings. The van der Waals surface area contributed by atoms with Gasteiger partial charge in [-0.3, -0.25) is 4.79 Å². The van der Waals surface area contributed by atoms with Crippen LogP contribution in [0.4, 0.5) is 4.39 Å². The molecule has 5 heteroatoms. The molecule has 0 radical (unpaired) electrons. The van der Waals surface area contributed by atoms with Crippen LogP contribution in [0.15, 0.2) is 18.2 Å². The summed E-state index contributed by atoms with van der Waals surface area (Å²) in [5, 5.41) is -0.0954. The lowest BCUT2D eigenvalue weighted by Gasteiger charge is -2.31. The van der Waals surface area contributed by atoms with E-state index in [1.54, 1.807) is 11.0 Å². The highest BCUT2D eigenvalue weighted by Gasteiger charge is 2.25. The highest BCUT2D eigenvalue weighted by molar-refractivity contribution is 6.34. The van der Waals surface area contributed by atoms with E-state index in [0.29, 0.717) is 24.9 Å². The number of carbonyl (C=O) groups excluding carboxylic acids is 1. The summed E-state index contributed by atoms with van der Waals surface area (Å²) < 4.78 is 13.3. The lowest BCUT2D eigenvalue weighted by molar-refractivity contribution is 0.0698. The van der Waals surface area contributed by atoms with Crippen LogP contribution in [-0.2, 0) is 0 Å². The molecule has 2 rings (SSSR count). The van der Waals surface area contributed by atoms with E-state index in [1.165, 1.54) is 12.1 Å². The highest BCUT2D eigenvalue weighted by Crippen LogP contribution is 2.24. The van der Waals surface area contributed by atoms with Gasteiger partial charge in [0, 0.05) is 19.0 Å². The number of amides is 1. The van der Waals surface area contributed by atoms with Gasteiger partial charge in [0.1, 0.15) is 5.82 Å². The van der Waals surface area contributed by atoms with Crippen molar-refractivity contribution in [3.8, 4) is 0 Å². The average Bonchev–Trinajstić information content (AvgIpc) is 2.41. The van der Waals surface area contributed by atoms with Crippen molar-refractivity contribution in [3.63, 3.8) is 0 Å². The van der Waals surface area contributed by atoms with Gasteiger partial charge in [0.25, 0.3) is 5.91 Å². The predicted octanol–water partition coefficient (Wildman–Crippen LogP) is 3.57. The Kier molecular flexibility index (Phi) is 4.46. The van der Waals surface area contributed by atoms with Crippen LogP contribution in [0.1, 0.15) is 23.2 Å². The minimum absolute atomic E-state index is 0.0954. The number of carbonyl (C=O) groups is 1. The van der Waals surface area contributed by atoms with Crippen LogP contribution < -0.4 is 0 Å². The monoisotopic (exact) mass is 289 g/mol. The number of benzene rings is 1. The van der Waals surface area contributed by atoms with Crippen molar-refractivity contribution in [1.29, 1.82) is 0 Å².